The Morgan fingerprint density at radius 3 is 2.64 bits per heavy atom. The van der Waals surface area contributed by atoms with Crippen LogP contribution in [0, 0.1) is 13.8 Å². The molecule has 0 fully saturated rings. The minimum absolute atomic E-state index is 0.717. The van der Waals surface area contributed by atoms with E-state index in [1.165, 1.54) is 5.56 Å². The highest BCUT2D eigenvalue weighted by Gasteiger charge is 2.09. The summed E-state index contributed by atoms with van der Waals surface area (Å²) in [5.74, 6) is 0. The van der Waals surface area contributed by atoms with Crippen molar-refractivity contribution in [2.24, 2.45) is 0 Å². The molecule has 1 rings (SSSR count). The Morgan fingerprint density at radius 2 is 2.14 bits per heavy atom. The molecule has 0 aliphatic carbocycles. The van der Waals surface area contributed by atoms with Crippen LogP contribution in [0.3, 0.4) is 0 Å². The summed E-state index contributed by atoms with van der Waals surface area (Å²) >= 11 is 0. The van der Waals surface area contributed by atoms with Crippen molar-refractivity contribution >= 4 is 6.29 Å². The molecule has 0 amide bonds. The van der Waals surface area contributed by atoms with Crippen molar-refractivity contribution in [2.45, 2.75) is 27.2 Å². The first-order chi connectivity index (χ1) is 6.70. The molecule has 0 spiro atoms. The summed E-state index contributed by atoms with van der Waals surface area (Å²) in [5, 5.41) is 3.28. The van der Waals surface area contributed by atoms with Crippen LogP contribution in [-0.2, 0) is 6.42 Å². The Hall–Kier alpha value is -1.09. The standard InChI is InChI=1S/C11H18N2O/c1-4-12-6-5-10-8(2)11(7-14)13-9(10)3/h7,12-13H,4-6H2,1-3H3. The van der Waals surface area contributed by atoms with E-state index >= 15 is 0 Å². The van der Waals surface area contributed by atoms with Crippen LogP contribution in [0.15, 0.2) is 0 Å². The lowest BCUT2D eigenvalue weighted by Crippen LogP contribution is -2.16. The lowest BCUT2D eigenvalue weighted by molar-refractivity contribution is 0.111. The maximum atomic E-state index is 10.7. The average molecular weight is 194 g/mol. The minimum atomic E-state index is 0.717. The van der Waals surface area contributed by atoms with Crippen LogP contribution in [0.4, 0.5) is 0 Å². The van der Waals surface area contributed by atoms with Gasteiger partial charge in [-0.15, -0.1) is 0 Å². The van der Waals surface area contributed by atoms with E-state index in [9.17, 15) is 4.79 Å². The molecule has 0 bridgehead atoms. The fourth-order valence-corrected chi connectivity index (χ4v) is 1.70. The van der Waals surface area contributed by atoms with Gasteiger partial charge in [-0.1, -0.05) is 6.92 Å². The van der Waals surface area contributed by atoms with Crippen molar-refractivity contribution in [3.05, 3.63) is 22.5 Å². The monoisotopic (exact) mass is 194 g/mol. The summed E-state index contributed by atoms with van der Waals surface area (Å²) in [5.41, 5.74) is 4.19. The maximum Gasteiger partial charge on any atom is 0.166 e. The lowest BCUT2D eigenvalue weighted by atomic mass is 10.1. The van der Waals surface area contributed by atoms with E-state index in [-0.39, 0.29) is 0 Å². The lowest BCUT2D eigenvalue weighted by Gasteiger charge is -2.02. The zero-order valence-electron chi connectivity index (χ0n) is 9.11. The second kappa shape index (κ2) is 4.96. The first kappa shape index (κ1) is 11.0. The topological polar surface area (TPSA) is 44.9 Å². The van der Waals surface area contributed by atoms with Gasteiger partial charge in [0.25, 0.3) is 0 Å². The van der Waals surface area contributed by atoms with Gasteiger partial charge < -0.3 is 10.3 Å². The smallest absolute Gasteiger partial charge is 0.166 e. The van der Waals surface area contributed by atoms with E-state index in [0.29, 0.717) is 5.69 Å². The van der Waals surface area contributed by atoms with Crippen molar-refractivity contribution in [3.8, 4) is 0 Å². The SMILES string of the molecule is CCNCCc1c(C)[nH]c(C=O)c1C. The molecule has 3 nitrogen and oxygen atoms in total. The Labute approximate surface area is 84.9 Å². The molecule has 0 saturated carbocycles. The molecule has 2 N–H and O–H groups in total. The molecule has 14 heavy (non-hydrogen) atoms. The summed E-state index contributed by atoms with van der Waals surface area (Å²) in [6.07, 6.45) is 1.87. The number of aryl methyl sites for hydroxylation is 1. The predicted octanol–water partition coefficient (Wildman–Crippen LogP) is 1.60. The van der Waals surface area contributed by atoms with Crippen molar-refractivity contribution in [3.63, 3.8) is 0 Å². The van der Waals surface area contributed by atoms with Gasteiger partial charge in [0.2, 0.25) is 0 Å². The van der Waals surface area contributed by atoms with Crippen molar-refractivity contribution in [1.29, 1.82) is 0 Å². The number of aromatic amines is 1. The molecule has 1 heterocycles. The maximum absolute atomic E-state index is 10.7. The van der Waals surface area contributed by atoms with Gasteiger partial charge in [0.15, 0.2) is 6.29 Å². The normalized spacial score (nSPS) is 10.5. The fourth-order valence-electron chi connectivity index (χ4n) is 1.70. The van der Waals surface area contributed by atoms with Crippen molar-refractivity contribution in [1.82, 2.24) is 10.3 Å². The van der Waals surface area contributed by atoms with Gasteiger partial charge in [0.1, 0.15) is 0 Å². The third kappa shape index (κ3) is 2.23. The highest BCUT2D eigenvalue weighted by Crippen LogP contribution is 2.16. The fraction of sp³-hybridized carbons (Fsp3) is 0.545. The van der Waals surface area contributed by atoms with Crippen LogP contribution < -0.4 is 5.32 Å². The highest BCUT2D eigenvalue weighted by atomic mass is 16.1. The number of hydrogen-bond donors (Lipinski definition) is 2. The van der Waals surface area contributed by atoms with E-state index in [1.807, 2.05) is 13.8 Å². The molecular formula is C11H18N2O. The molecule has 1 aromatic rings. The molecule has 0 radical (unpaired) electrons. The largest absolute Gasteiger partial charge is 0.356 e. The van der Waals surface area contributed by atoms with E-state index in [1.54, 1.807) is 0 Å². The van der Waals surface area contributed by atoms with E-state index in [2.05, 4.69) is 17.2 Å². The average Bonchev–Trinajstić information content (AvgIpc) is 2.45. The van der Waals surface area contributed by atoms with Gasteiger partial charge in [-0.3, -0.25) is 4.79 Å². The second-order valence-corrected chi connectivity index (χ2v) is 3.49. The third-order valence-corrected chi connectivity index (χ3v) is 2.55. The minimum Gasteiger partial charge on any atom is -0.356 e. The van der Waals surface area contributed by atoms with Gasteiger partial charge in [0, 0.05) is 5.69 Å². The summed E-state index contributed by atoms with van der Waals surface area (Å²) in [6, 6.07) is 0. The van der Waals surface area contributed by atoms with Gasteiger partial charge >= 0.3 is 0 Å². The quantitative estimate of drug-likeness (QED) is 0.552. The van der Waals surface area contributed by atoms with Crippen LogP contribution in [-0.4, -0.2) is 24.4 Å². The van der Waals surface area contributed by atoms with Crippen LogP contribution in [0.25, 0.3) is 0 Å². The number of likely N-dealkylation sites (N-methyl/N-ethyl adjacent to an activating group) is 1. The number of carbonyl (C=O) groups is 1. The number of H-pyrrole nitrogens is 1. The van der Waals surface area contributed by atoms with E-state index < -0.39 is 0 Å². The predicted molar refractivity (Wildman–Crippen MR) is 57.9 cm³/mol. The van der Waals surface area contributed by atoms with Crippen LogP contribution >= 0.6 is 0 Å². The molecule has 0 unspecified atom stereocenters. The Balaban J connectivity index is 2.75. The number of hydrogen-bond acceptors (Lipinski definition) is 2. The van der Waals surface area contributed by atoms with Gasteiger partial charge in [-0.05, 0) is 44.5 Å². The first-order valence-corrected chi connectivity index (χ1v) is 5.04. The number of rotatable bonds is 5. The molecule has 0 saturated heterocycles. The molecule has 0 aliphatic heterocycles. The highest BCUT2D eigenvalue weighted by molar-refractivity contribution is 5.75. The first-order valence-electron chi connectivity index (χ1n) is 5.04. The zero-order chi connectivity index (χ0) is 10.6. The molecule has 0 aromatic carbocycles. The van der Waals surface area contributed by atoms with Gasteiger partial charge in [-0.2, -0.15) is 0 Å². The van der Waals surface area contributed by atoms with Crippen LogP contribution in [0.1, 0.15) is 34.2 Å². The number of nitrogens with one attached hydrogen (secondary N) is 2. The second-order valence-electron chi connectivity index (χ2n) is 3.49. The molecule has 3 heteroatoms. The Kier molecular flexibility index (Phi) is 3.89. The van der Waals surface area contributed by atoms with Gasteiger partial charge in [-0.25, -0.2) is 0 Å². The summed E-state index contributed by atoms with van der Waals surface area (Å²) in [6.45, 7) is 8.06. The molecule has 0 aliphatic rings. The Morgan fingerprint density at radius 1 is 1.43 bits per heavy atom. The molecule has 1 aromatic heterocycles. The number of aldehydes is 1. The van der Waals surface area contributed by atoms with Crippen LogP contribution in [0.5, 0.6) is 0 Å². The molecular weight excluding hydrogens is 176 g/mol. The number of aromatic nitrogens is 1. The van der Waals surface area contributed by atoms with Crippen molar-refractivity contribution < 1.29 is 4.79 Å². The molecule has 78 valence electrons. The van der Waals surface area contributed by atoms with E-state index in [0.717, 1.165) is 37.1 Å². The summed E-state index contributed by atoms with van der Waals surface area (Å²) in [4.78, 5) is 13.8. The summed E-state index contributed by atoms with van der Waals surface area (Å²) in [7, 11) is 0. The van der Waals surface area contributed by atoms with Crippen molar-refractivity contribution in [2.75, 3.05) is 13.1 Å². The zero-order valence-corrected chi connectivity index (χ0v) is 9.11. The van der Waals surface area contributed by atoms with E-state index in [4.69, 9.17) is 0 Å². The number of carbonyl (C=O) groups excluding carboxylic acids is 1. The Bertz CT molecular complexity index is 315. The van der Waals surface area contributed by atoms with Gasteiger partial charge in [0.05, 0.1) is 5.69 Å². The summed E-state index contributed by atoms with van der Waals surface area (Å²) < 4.78 is 0. The molecule has 0 atom stereocenters. The third-order valence-electron chi connectivity index (χ3n) is 2.55. The van der Waals surface area contributed by atoms with Crippen LogP contribution in [0.2, 0.25) is 0 Å².